The predicted molar refractivity (Wildman–Crippen MR) is 75.6 cm³/mol. The standard InChI is InChI=1S/C14H21NO8/c16-7-10-11(17)12(18)13(19)14(23-10)22-6-5-8-1-3-9(4-2-8)15(20)21/h1-4,10-20H,5-7H2/t10-,11-,12+,13-,14-/m1/s1. The molecule has 0 aliphatic carbocycles. The number of rotatable bonds is 6. The van der Waals surface area contributed by atoms with Crippen LogP contribution in [0.3, 0.4) is 0 Å². The summed E-state index contributed by atoms with van der Waals surface area (Å²) in [5, 5.41) is 56.7. The molecule has 2 rings (SSSR count). The van der Waals surface area contributed by atoms with Gasteiger partial charge in [-0.2, -0.15) is 5.23 Å². The number of ether oxygens (including phenoxy) is 2. The van der Waals surface area contributed by atoms with E-state index < -0.39 is 42.5 Å². The van der Waals surface area contributed by atoms with E-state index in [2.05, 4.69) is 0 Å². The van der Waals surface area contributed by atoms with Gasteiger partial charge in [-0.05, 0) is 12.0 Å². The molecule has 130 valence electrons. The molecule has 0 spiro atoms. The molecule has 1 saturated heterocycles. The second kappa shape index (κ2) is 8.11. The molecule has 0 amide bonds. The highest BCUT2D eigenvalue weighted by atomic mass is 16.8. The van der Waals surface area contributed by atoms with Crippen LogP contribution in [0.5, 0.6) is 0 Å². The van der Waals surface area contributed by atoms with Crippen molar-refractivity contribution in [3.05, 3.63) is 35.0 Å². The molecule has 23 heavy (non-hydrogen) atoms. The van der Waals surface area contributed by atoms with Crippen molar-refractivity contribution in [1.82, 2.24) is 0 Å². The first kappa shape index (κ1) is 18.2. The number of hydrogen-bond acceptors (Lipinski definition) is 8. The SMILES string of the molecule is [O-][NH+](O)c1ccc(CCO[C@@H]2O[C@H](CO)[C@@H](O)[C@H](O)[C@H]2O)cc1. The molecule has 9 heteroatoms. The van der Waals surface area contributed by atoms with E-state index in [0.717, 1.165) is 5.56 Å². The minimum absolute atomic E-state index is 0.148. The molecule has 9 nitrogen and oxygen atoms in total. The van der Waals surface area contributed by atoms with Crippen molar-refractivity contribution < 1.29 is 40.3 Å². The van der Waals surface area contributed by atoms with Crippen LogP contribution in [0.15, 0.2) is 24.3 Å². The van der Waals surface area contributed by atoms with Gasteiger partial charge in [-0.15, -0.1) is 0 Å². The Hall–Kier alpha value is -1.14. The lowest BCUT2D eigenvalue weighted by molar-refractivity contribution is -0.991. The maximum atomic E-state index is 10.8. The Morgan fingerprint density at radius 3 is 2.30 bits per heavy atom. The third-order valence-corrected chi connectivity index (χ3v) is 3.72. The molecule has 1 heterocycles. The number of aliphatic hydroxyl groups excluding tert-OH is 4. The summed E-state index contributed by atoms with van der Waals surface area (Å²) in [5.74, 6) is 0. The van der Waals surface area contributed by atoms with Gasteiger partial charge < -0.3 is 35.1 Å². The van der Waals surface area contributed by atoms with Gasteiger partial charge in [0.1, 0.15) is 24.4 Å². The Balaban J connectivity index is 1.85. The van der Waals surface area contributed by atoms with Crippen molar-refractivity contribution >= 4 is 5.69 Å². The van der Waals surface area contributed by atoms with E-state index in [9.17, 15) is 20.5 Å². The zero-order chi connectivity index (χ0) is 17.0. The second-order valence-corrected chi connectivity index (χ2v) is 5.32. The highest BCUT2D eigenvalue weighted by Gasteiger charge is 2.43. The first-order valence-electron chi connectivity index (χ1n) is 7.18. The van der Waals surface area contributed by atoms with Crippen LogP contribution >= 0.6 is 0 Å². The second-order valence-electron chi connectivity index (χ2n) is 5.32. The summed E-state index contributed by atoms with van der Waals surface area (Å²) >= 11 is 0. The first-order valence-corrected chi connectivity index (χ1v) is 7.18. The molecular formula is C14H21NO8. The van der Waals surface area contributed by atoms with Gasteiger partial charge in [-0.3, -0.25) is 0 Å². The van der Waals surface area contributed by atoms with Gasteiger partial charge in [-0.25, -0.2) is 5.21 Å². The summed E-state index contributed by atoms with van der Waals surface area (Å²) in [4.78, 5) is 0. The molecule has 1 aromatic carbocycles. The Labute approximate surface area is 132 Å². The molecule has 1 aliphatic rings. The Kier molecular flexibility index (Phi) is 6.41. The van der Waals surface area contributed by atoms with E-state index in [0.29, 0.717) is 6.42 Å². The van der Waals surface area contributed by atoms with Crippen molar-refractivity contribution in [2.75, 3.05) is 13.2 Å². The van der Waals surface area contributed by atoms with E-state index in [1.165, 1.54) is 12.1 Å². The summed E-state index contributed by atoms with van der Waals surface area (Å²) in [6.07, 6.45) is -6.05. The largest absolute Gasteiger partial charge is 0.595 e. The zero-order valence-corrected chi connectivity index (χ0v) is 12.3. The summed E-state index contributed by atoms with van der Waals surface area (Å²) < 4.78 is 10.6. The lowest BCUT2D eigenvalue weighted by Gasteiger charge is -2.39. The van der Waals surface area contributed by atoms with Crippen molar-refractivity contribution in [2.24, 2.45) is 0 Å². The molecule has 0 aromatic heterocycles. The Morgan fingerprint density at radius 1 is 1.09 bits per heavy atom. The van der Waals surface area contributed by atoms with Crippen LogP contribution < -0.4 is 5.23 Å². The van der Waals surface area contributed by atoms with Crippen LogP contribution in [-0.4, -0.2) is 69.6 Å². The Morgan fingerprint density at radius 2 is 1.74 bits per heavy atom. The van der Waals surface area contributed by atoms with Crippen molar-refractivity contribution in [1.29, 1.82) is 0 Å². The quantitative estimate of drug-likeness (QED) is 0.312. The molecule has 1 fully saturated rings. The van der Waals surface area contributed by atoms with Crippen LogP contribution in [0, 0.1) is 5.21 Å². The molecule has 0 bridgehead atoms. The van der Waals surface area contributed by atoms with Crippen LogP contribution in [0.1, 0.15) is 5.56 Å². The van der Waals surface area contributed by atoms with Gasteiger partial charge >= 0.3 is 0 Å². The third-order valence-electron chi connectivity index (χ3n) is 3.72. The minimum atomic E-state index is -1.47. The third kappa shape index (κ3) is 4.44. The molecular weight excluding hydrogens is 310 g/mol. The summed E-state index contributed by atoms with van der Waals surface area (Å²) in [6.45, 7) is -0.365. The fourth-order valence-electron chi connectivity index (χ4n) is 2.31. The van der Waals surface area contributed by atoms with Crippen LogP contribution in [0.4, 0.5) is 5.69 Å². The summed E-state index contributed by atoms with van der Waals surface area (Å²) in [5.41, 5.74) is 1.02. The smallest absolute Gasteiger partial charge is 0.186 e. The fraction of sp³-hybridized carbons (Fsp3) is 0.571. The van der Waals surface area contributed by atoms with Crippen molar-refractivity contribution in [3.8, 4) is 0 Å². The number of aliphatic hydroxyl groups is 4. The monoisotopic (exact) mass is 331 g/mol. The highest BCUT2D eigenvalue weighted by Crippen LogP contribution is 2.22. The van der Waals surface area contributed by atoms with Gasteiger partial charge in [0.25, 0.3) is 0 Å². The summed E-state index contributed by atoms with van der Waals surface area (Å²) in [6, 6.07) is 6.26. The minimum Gasteiger partial charge on any atom is -0.595 e. The van der Waals surface area contributed by atoms with Gasteiger partial charge in [0.15, 0.2) is 12.0 Å². The molecule has 6 N–H and O–H groups in total. The highest BCUT2D eigenvalue weighted by molar-refractivity contribution is 5.32. The van der Waals surface area contributed by atoms with Crippen LogP contribution in [-0.2, 0) is 15.9 Å². The van der Waals surface area contributed by atoms with E-state index in [1.54, 1.807) is 12.1 Å². The normalized spacial score (nSPS) is 32.7. The van der Waals surface area contributed by atoms with Gasteiger partial charge in [0.05, 0.1) is 13.2 Å². The zero-order valence-electron chi connectivity index (χ0n) is 12.3. The van der Waals surface area contributed by atoms with E-state index >= 15 is 0 Å². The number of quaternary nitrogens is 1. The van der Waals surface area contributed by atoms with E-state index in [4.69, 9.17) is 19.8 Å². The number of benzene rings is 1. The van der Waals surface area contributed by atoms with E-state index in [1.807, 2.05) is 0 Å². The fourth-order valence-corrected chi connectivity index (χ4v) is 2.31. The van der Waals surface area contributed by atoms with Crippen LogP contribution in [0.2, 0.25) is 0 Å². The maximum Gasteiger partial charge on any atom is 0.186 e. The average Bonchev–Trinajstić information content (AvgIpc) is 2.55. The predicted octanol–water partition coefficient (Wildman–Crippen LogP) is -2.55. The van der Waals surface area contributed by atoms with Crippen molar-refractivity contribution in [3.63, 3.8) is 0 Å². The molecule has 1 unspecified atom stereocenters. The molecule has 1 aliphatic heterocycles. The molecule has 0 saturated carbocycles. The van der Waals surface area contributed by atoms with Gasteiger partial charge in [-0.1, -0.05) is 12.1 Å². The first-order chi connectivity index (χ1) is 10.9. The lowest BCUT2D eigenvalue weighted by atomic mass is 9.99. The molecule has 6 atom stereocenters. The Bertz CT molecular complexity index is 480. The van der Waals surface area contributed by atoms with Crippen molar-refractivity contribution in [2.45, 2.75) is 37.1 Å². The molecule has 0 radical (unpaired) electrons. The lowest BCUT2D eigenvalue weighted by Crippen LogP contribution is -2.99. The van der Waals surface area contributed by atoms with E-state index in [-0.39, 0.29) is 12.3 Å². The summed E-state index contributed by atoms with van der Waals surface area (Å²) in [7, 11) is 0. The molecule has 1 aromatic rings. The van der Waals surface area contributed by atoms with Gasteiger partial charge in [0, 0.05) is 12.1 Å². The van der Waals surface area contributed by atoms with Gasteiger partial charge in [0.2, 0.25) is 0 Å². The number of hydrogen-bond donors (Lipinski definition) is 6. The topological polar surface area (TPSA) is 147 Å². The van der Waals surface area contributed by atoms with Crippen LogP contribution in [0.25, 0.3) is 0 Å². The number of nitrogens with one attached hydrogen (secondary N) is 1. The average molecular weight is 331 g/mol. The maximum absolute atomic E-state index is 10.8.